The van der Waals surface area contributed by atoms with Crippen LogP contribution in [0.5, 0.6) is 0 Å². The lowest BCUT2D eigenvalue weighted by Crippen LogP contribution is -2.33. The van der Waals surface area contributed by atoms with Crippen molar-refractivity contribution in [1.82, 2.24) is 20.5 Å². The van der Waals surface area contributed by atoms with E-state index in [0.29, 0.717) is 22.2 Å². The Bertz CT molecular complexity index is 1350. The van der Waals surface area contributed by atoms with Crippen molar-refractivity contribution in [3.05, 3.63) is 86.9 Å². The third-order valence-electron chi connectivity index (χ3n) is 4.99. The topological polar surface area (TPSA) is 81.8 Å². The maximum Gasteiger partial charge on any atom is 0.432 e. The second-order valence-corrected chi connectivity index (χ2v) is 7.15. The Labute approximate surface area is 179 Å². The van der Waals surface area contributed by atoms with Crippen LogP contribution in [-0.2, 0) is 0 Å². The molecular weight excluding hydrogens is 429 g/mol. The fourth-order valence-corrected chi connectivity index (χ4v) is 3.80. The van der Waals surface area contributed by atoms with E-state index in [-0.39, 0.29) is 22.1 Å². The highest BCUT2D eigenvalue weighted by Gasteiger charge is 2.44. The lowest BCUT2D eigenvalue weighted by Gasteiger charge is -2.30. The summed E-state index contributed by atoms with van der Waals surface area (Å²) in [5, 5.41) is 19.5. The summed E-state index contributed by atoms with van der Waals surface area (Å²) in [4.78, 5) is 7.42. The summed E-state index contributed by atoms with van der Waals surface area (Å²) >= 11 is 6.13. The van der Waals surface area contributed by atoms with Crippen molar-refractivity contribution in [1.29, 1.82) is 5.26 Å². The highest BCUT2D eigenvalue weighted by Crippen LogP contribution is 2.45. The first-order valence-corrected chi connectivity index (χ1v) is 9.29. The number of aryl methyl sites for hydroxylation is 1. The first-order chi connectivity index (χ1) is 14.8. The summed E-state index contributed by atoms with van der Waals surface area (Å²) in [7, 11) is 0. The molecule has 0 amide bonds. The number of nitrogens with one attached hydrogen (secondary N) is 2. The molecule has 1 aliphatic rings. The van der Waals surface area contributed by atoms with Crippen molar-refractivity contribution in [3.8, 4) is 6.07 Å². The number of fused-ring (bicyclic) bond motifs is 1. The van der Waals surface area contributed by atoms with Crippen LogP contribution in [0.2, 0.25) is 5.15 Å². The quantitative estimate of drug-likeness (QED) is 0.422. The first-order valence-electron chi connectivity index (χ1n) is 8.92. The lowest BCUT2D eigenvalue weighted by atomic mass is 9.83. The molecule has 3 heterocycles. The molecule has 0 spiro atoms. The fraction of sp³-hybridized carbons (Fsp3) is 0.143. The minimum atomic E-state index is -4.85. The van der Waals surface area contributed by atoms with Gasteiger partial charge in [0, 0.05) is 22.8 Å². The van der Waals surface area contributed by atoms with Gasteiger partial charge in [-0.15, -0.1) is 0 Å². The summed E-state index contributed by atoms with van der Waals surface area (Å²) in [6.45, 7) is 9.50. The van der Waals surface area contributed by atoms with Gasteiger partial charge in [-0.05, 0) is 36.8 Å². The molecule has 31 heavy (non-hydrogen) atoms. The van der Waals surface area contributed by atoms with Crippen LogP contribution in [0.4, 0.5) is 13.2 Å². The SMILES string of the molecule is [C-]#[N+]C1=C(c2cccnc2Cl)NC(C(F)(F)F)=C(C#N)C1c1ccc2n[nH]c(C)c2c1. The number of alkyl halides is 3. The van der Waals surface area contributed by atoms with Crippen molar-refractivity contribution < 1.29 is 13.2 Å². The van der Waals surface area contributed by atoms with Gasteiger partial charge in [-0.1, -0.05) is 17.7 Å². The zero-order chi connectivity index (χ0) is 22.3. The number of aromatic nitrogens is 3. The van der Waals surface area contributed by atoms with Gasteiger partial charge in [-0.2, -0.15) is 23.5 Å². The number of allylic oxidation sites excluding steroid dienone is 2. The van der Waals surface area contributed by atoms with Crippen molar-refractivity contribution in [2.75, 3.05) is 0 Å². The number of aromatic amines is 1. The minimum absolute atomic E-state index is 0.0621. The summed E-state index contributed by atoms with van der Waals surface area (Å²) in [5.74, 6) is -1.25. The second kappa shape index (κ2) is 7.46. The van der Waals surface area contributed by atoms with Crippen LogP contribution in [0, 0.1) is 24.8 Å². The van der Waals surface area contributed by atoms with Crippen LogP contribution in [0.3, 0.4) is 0 Å². The van der Waals surface area contributed by atoms with E-state index < -0.39 is 23.4 Å². The number of nitrogens with zero attached hydrogens (tertiary/aromatic N) is 4. The lowest BCUT2D eigenvalue weighted by molar-refractivity contribution is -0.0962. The molecule has 154 valence electrons. The van der Waals surface area contributed by atoms with Gasteiger partial charge >= 0.3 is 6.18 Å². The molecule has 2 N–H and O–H groups in total. The zero-order valence-corrected chi connectivity index (χ0v) is 16.6. The first kappa shape index (κ1) is 20.5. The highest BCUT2D eigenvalue weighted by molar-refractivity contribution is 6.31. The van der Waals surface area contributed by atoms with Crippen LogP contribution in [0.25, 0.3) is 21.4 Å². The van der Waals surface area contributed by atoms with Gasteiger partial charge in [0.25, 0.3) is 0 Å². The number of hydrogen-bond donors (Lipinski definition) is 2. The number of hydrogen-bond acceptors (Lipinski definition) is 4. The molecule has 1 unspecified atom stereocenters. The Hall–Kier alpha value is -3.82. The monoisotopic (exact) mass is 440 g/mol. The molecule has 0 saturated carbocycles. The summed E-state index contributed by atoms with van der Waals surface area (Å²) in [6.07, 6.45) is -3.46. The van der Waals surface area contributed by atoms with E-state index >= 15 is 0 Å². The molecule has 1 atom stereocenters. The molecule has 1 aromatic carbocycles. The number of rotatable bonds is 2. The molecule has 3 aromatic rings. The molecule has 0 bridgehead atoms. The van der Waals surface area contributed by atoms with Crippen LogP contribution in [0.1, 0.15) is 22.7 Å². The minimum Gasteiger partial charge on any atom is -0.360 e. The maximum absolute atomic E-state index is 13.9. The molecule has 2 aromatic heterocycles. The number of dihydropyridines is 1. The molecule has 4 rings (SSSR count). The van der Waals surface area contributed by atoms with E-state index in [2.05, 4.69) is 25.3 Å². The van der Waals surface area contributed by atoms with E-state index in [9.17, 15) is 18.4 Å². The summed E-state index contributed by atoms with van der Waals surface area (Å²) in [5.41, 5.74) is -0.201. The number of halogens is 4. The van der Waals surface area contributed by atoms with Gasteiger partial charge < -0.3 is 5.32 Å². The molecule has 0 saturated heterocycles. The molecule has 0 aliphatic carbocycles. The molecule has 1 aliphatic heterocycles. The van der Waals surface area contributed by atoms with Crippen molar-refractivity contribution in [3.63, 3.8) is 0 Å². The molecule has 0 radical (unpaired) electrons. The van der Waals surface area contributed by atoms with Crippen molar-refractivity contribution in [2.24, 2.45) is 0 Å². The van der Waals surface area contributed by atoms with Crippen molar-refractivity contribution >= 4 is 28.2 Å². The van der Waals surface area contributed by atoms with Crippen LogP contribution < -0.4 is 5.32 Å². The van der Waals surface area contributed by atoms with Crippen LogP contribution >= 0.6 is 11.6 Å². The van der Waals surface area contributed by atoms with E-state index in [1.807, 2.05) is 0 Å². The molecular formula is C21H12ClF3N6. The highest BCUT2D eigenvalue weighted by atomic mass is 35.5. The van der Waals surface area contributed by atoms with Gasteiger partial charge in [0.15, 0.2) is 0 Å². The second-order valence-electron chi connectivity index (χ2n) is 6.80. The van der Waals surface area contributed by atoms with E-state index in [1.54, 1.807) is 31.2 Å². The van der Waals surface area contributed by atoms with Gasteiger partial charge in [0.1, 0.15) is 10.9 Å². The predicted octanol–water partition coefficient (Wildman–Crippen LogP) is 5.23. The van der Waals surface area contributed by atoms with E-state index in [0.717, 1.165) is 0 Å². The van der Waals surface area contributed by atoms with Crippen LogP contribution in [-0.4, -0.2) is 21.4 Å². The van der Waals surface area contributed by atoms with Gasteiger partial charge in [-0.3, -0.25) is 5.10 Å². The summed E-state index contributed by atoms with van der Waals surface area (Å²) < 4.78 is 41.8. The van der Waals surface area contributed by atoms with Gasteiger partial charge in [-0.25, -0.2) is 9.83 Å². The van der Waals surface area contributed by atoms with Gasteiger partial charge in [0.2, 0.25) is 5.70 Å². The molecule has 0 fully saturated rings. The Kier molecular flexibility index (Phi) is 4.92. The van der Waals surface area contributed by atoms with E-state index in [4.69, 9.17) is 18.2 Å². The summed E-state index contributed by atoms with van der Waals surface area (Å²) in [6, 6.07) is 9.48. The number of benzene rings is 1. The van der Waals surface area contributed by atoms with E-state index in [1.165, 1.54) is 18.3 Å². The standard InChI is InChI=1S/C21H12ClF3N6/c1-10-13-8-11(5-6-15(13)31-30-10)16-14(9-26)19(21(23,24)25)29-17(18(16)27-2)12-4-3-7-28-20(12)22/h3-8,16,29H,1H3,(H,30,31). The average Bonchev–Trinajstić information content (AvgIpc) is 3.12. The van der Waals surface area contributed by atoms with Crippen LogP contribution in [0.15, 0.2) is 53.5 Å². The Morgan fingerprint density at radius 3 is 2.71 bits per heavy atom. The predicted molar refractivity (Wildman–Crippen MR) is 108 cm³/mol. The smallest absolute Gasteiger partial charge is 0.360 e. The van der Waals surface area contributed by atoms with Crippen molar-refractivity contribution in [2.45, 2.75) is 19.0 Å². The Morgan fingerprint density at radius 2 is 2.06 bits per heavy atom. The van der Waals surface area contributed by atoms with Gasteiger partial charge in [0.05, 0.1) is 35.3 Å². The number of nitriles is 1. The Morgan fingerprint density at radius 1 is 1.29 bits per heavy atom. The number of H-pyrrole nitrogens is 1. The molecule has 10 heteroatoms. The average molecular weight is 441 g/mol. The fourth-order valence-electron chi connectivity index (χ4n) is 3.58. The third-order valence-corrected chi connectivity index (χ3v) is 5.29. The normalized spacial score (nSPS) is 16.8. The zero-order valence-electron chi connectivity index (χ0n) is 15.8. The maximum atomic E-state index is 13.9. The largest absolute Gasteiger partial charge is 0.432 e. The Balaban J connectivity index is 2.05. The molecule has 6 nitrogen and oxygen atoms in total. The number of pyridine rings is 1. The third kappa shape index (κ3) is 3.39.